The van der Waals surface area contributed by atoms with E-state index in [0.29, 0.717) is 0 Å². The van der Waals surface area contributed by atoms with Crippen LogP contribution in [0.3, 0.4) is 0 Å². The van der Waals surface area contributed by atoms with E-state index in [1.54, 1.807) is 0 Å². The number of hydrogen-bond acceptors (Lipinski definition) is 1. The summed E-state index contributed by atoms with van der Waals surface area (Å²) in [6, 6.07) is 65.3. The molecule has 8 aromatic carbocycles. The maximum absolute atomic E-state index is 3.91. The van der Waals surface area contributed by atoms with Gasteiger partial charge in [-0.05, 0) is 113 Å². The zero-order valence-electron chi connectivity index (χ0n) is 33.2. The molecular formula is C56H47N. The van der Waals surface area contributed by atoms with Gasteiger partial charge in [0.05, 0.1) is 0 Å². The summed E-state index contributed by atoms with van der Waals surface area (Å²) in [5.41, 5.74) is 20.8. The lowest BCUT2D eigenvalue weighted by atomic mass is 9.81. The Balaban J connectivity index is 1.05. The van der Waals surface area contributed by atoms with Crippen molar-refractivity contribution < 1.29 is 0 Å². The third-order valence-corrected chi connectivity index (χ3v) is 12.8. The van der Waals surface area contributed by atoms with Gasteiger partial charge in [-0.25, -0.2) is 0 Å². The van der Waals surface area contributed by atoms with Crippen LogP contribution in [0.15, 0.2) is 182 Å². The highest BCUT2D eigenvalue weighted by molar-refractivity contribution is 6.00. The zero-order chi connectivity index (χ0) is 38.7. The summed E-state index contributed by atoms with van der Waals surface area (Å²) in [4.78, 5) is 0. The third-order valence-electron chi connectivity index (χ3n) is 12.8. The summed E-state index contributed by atoms with van der Waals surface area (Å²) < 4.78 is 0. The molecule has 0 heterocycles. The molecule has 0 aliphatic heterocycles. The highest BCUT2D eigenvalue weighted by atomic mass is 14.9. The maximum atomic E-state index is 3.91. The first-order valence-corrected chi connectivity index (χ1v) is 20.4. The molecule has 1 nitrogen and oxygen atoms in total. The van der Waals surface area contributed by atoms with E-state index >= 15 is 0 Å². The van der Waals surface area contributed by atoms with Gasteiger partial charge >= 0.3 is 0 Å². The largest absolute Gasteiger partial charge is 0.381 e. The normalized spacial score (nSPS) is 14.5. The minimum Gasteiger partial charge on any atom is -0.381 e. The van der Waals surface area contributed by atoms with Gasteiger partial charge in [0.1, 0.15) is 0 Å². The lowest BCUT2D eigenvalue weighted by molar-refractivity contribution is 0.660. The minimum absolute atomic E-state index is 0.00430. The second-order valence-electron chi connectivity index (χ2n) is 16.9. The van der Waals surface area contributed by atoms with Crippen LogP contribution in [0.4, 0.5) is 0 Å². The van der Waals surface area contributed by atoms with E-state index in [1.807, 2.05) is 0 Å². The molecule has 10 rings (SSSR count). The monoisotopic (exact) mass is 733 g/mol. The molecule has 1 N–H and O–H groups in total. The van der Waals surface area contributed by atoms with Crippen molar-refractivity contribution in [3.8, 4) is 44.5 Å². The van der Waals surface area contributed by atoms with Crippen molar-refractivity contribution in [3.63, 3.8) is 0 Å². The van der Waals surface area contributed by atoms with Gasteiger partial charge in [0, 0.05) is 28.6 Å². The number of allylic oxidation sites excluding steroid dienone is 1. The van der Waals surface area contributed by atoms with Crippen molar-refractivity contribution in [3.05, 3.63) is 221 Å². The van der Waals surface area contributed by atoms with Crippen molar-refractivity contribution in [2.75, 3.05) is 0 Å². The first-order valence-electron chi connectivity index (χ1n) is 20.4. The van der Waals surface area contributed by atoms with Crippen LogP contribution in [0.25, 0.3) is 61.0 Å². The molecule has 0 atom stereocenters. The predicted octanol–water partition coefficient (Wildman–Crippen LogP) is 14.2. The van der Waals surface area contributed by atoms with E-state index < -0.39 is 0 Å². The summed E-state index contributed by atoms with van der Waals surface area (Å²) in [5, 5.41) is 6.49. The molecule has 0 radical (unpaired) electrons. The van der Waals surface area contributed by atoms with Gasteiger partial charge in [-0.15, -0.1) is 0 Å². The Hall–Kier alpha value is -6.44. The summed E-state index contributed by atoms with van der Waals surface area (Å²) in [6.45, 7) is 10.2. The molecule has 0 fully saturated rings. The lowest BCUT2D eigenvalue weighted by Crippen LogP contribution is -2.15. The predicted molar refractivity (Wildman–Crippen MR) is 241 cm³/mol. The molecule has 0 aromatic heterocycles. The summed E-state index contributed by atoms with van der Waals surface area (Å²) >= 11 is 0. The Morgan fingerprint density at radius 3 is 1.89 bits per heavy atom. The van der Waals surface area contributed by atoms with Gasteiger partial charge in [-0.2, -0.15) is 0 Å². The highest BCUT2D eigenvalue weighted by Crippen LogP contribution is 2.54. The molecule has 57 heavy (non-hydrogen) atoms. The van der Waals surface area contributed by atoms with Crippen molar-refractivity contribution in [1.82, 2.24) is 5.32 Å². The molecule has 0 bridgehead atoms. The Bertz CT molecular complexity index is 2870. The summed E-state index contributed by atoms with van der Waals surface area (Å²) in [5.74, 6) is 0. The molecule has 0 unspecified atom stereocenters. The Morgan fingerprint density at radius 2 is 1.05 bits per heavy atom. The van der Waals surface area contributed by atoms with Crippen molar-refractivity contribution >= 4 is 16.5 Å². The van der Waals surface area contributed by atoms with Crippen molar-refractivity contribution in [2.24, 2.45) is 0 Å². The van der Waals surface area contributed by atoms with Gasteiger partial charge in [-0.3, -0.25) is 0 Å². The molecule has 1 heteroatoms. The van der Waals surface area contributed by atoms with E-state index in [0.717, 1.165) is 18.7 Å². The average molecular weight is 734 g/mol. The first kappa shape index (κ1) is 35.0. The van der Waals surface area contributed by atoms with Gasteiger partial charge in [0.15, 0.2) is 0 Å². The van der Waals surface area contributed by atoms with Crippen LogP contribution in [0.1, 0.15) is 66.6 Å². The van der Waals surface area contributed by atoms with Crippen LogP contribution in [0.2, 0.25) is 0 Å². The Morgan fingerprint density at radius 1 is 0.439 bits per heavy atom. The Kier molecular flexibility index (Phi) is 8.38. The fourth-order valence-electron chi connectivity index (χ4n) is 9.72. The third kappa shape index (κ3) is 5.92. The van der Waals surface area contributed by atoms with E-state index in [4.69, 9.17) is 0 Å². The number of fused-ring (bicyclic) bond motifs is 7. The number of rotatable bonds is 8. The van der Waals surface area contributed by atoms with E-state index in [9.17, 15) is 0 Å². The average Bonchev–Trinajstić information content (AvgIpc) is 3.62. The molecule has 0 saturated carbocycles. The van der Waals surface area contributed by atoms with Crippen molar-refractivity contribution in [1.29, 1.82) is 0 Å². The smallest absolute Gasteiger partial charge is 0.0400 e. The van der Waals surface area contributed by atoms with Crippen LogP contribution < -0.4 is 5.32 Å². The lowest BCUT2D eigenvalue weighted by Gasteiger charge is -2.22. The quantitative estimate of drug-likeness (QED) is 0.164. The van der Waals surface area contributed by atoms with Gasteiger partial charge < -0.3 is 5.32 Å². The summed E-state index contributed by atoms with van der Waals surface area (Å²) in [6.07, 6.45) is 3.20. The summed E-state index contributed by atoms with van der Waals surface area (Å²) in [7, 11) is 0. The molecule has 0 spiro atoms. The van der Waals surface area contributed by atoms with Crippen molar-refractivity contribution in [2.45, 2.75) is 51.5 Å². The van der Waals surface area contributed by atoms with Crippen LogP contribution in [-0.4, -0.2) is 0 Å². The van der Waals surface area contributed by atoms with E-state index in [1.165, 1.54) is 94.2 Å². The first-order chi connectivity index (χ1) is 27.8. The highest BCUT2D eigenvalue weighted by Gasteiger charge is 2.38. The second kappa shape index (κ2) is 13.6. The molecule has 0 amide bonds. The van der Waals surface area contributed by atoms with Gasteiger partial charge in [0.25, 0.3) is 0 Å². The SMILES string of the molecule is CC1(C)c2ccccc2-c2cc(-c3cccc(C/C=C(\NCc4ccccc4)c4ccccc4-c4cccc5c4-c4cc6ccccc6cc4C5(C)C)c3)ccc21. The van der Waals surface area contributed by atoms with E-state index in [2.05, 4.69) is 215 Å². The molecular weight excluding hydrogens is 687 g/mol. The standard InChI is InChI=1S/C56H47N/c1-55(2)49-26-13-12-23-44(49)47-33-42(29-30-50(47)55)39-21-14-18-37(32-39)28-31-53(57-36-38-16-6-5-7-17-38)45-24-11-10-22-43(45)46-25-15-27-51-54(46)48-34-40-19-8-9-20-41(40)35-52(48)56(51,3)4/h5-27,29-35,57H,28,36H2,1-4H3/b53-31-. The second-order valence-corrected chi connectivity index (χ2v) is 16.9. The minimum atomic E-state index is -0.104. The topological polar surface area (TPSA) is 12.0 Å². The fraction of sp³-hybridized carbons (Fsp3) is 0.143. The van der Waals surface area contributed by atoms with E-state index in [-0.39, 0.29) is 10.8 Å². The number of nitrogens with one attached hydrogen (secondary N) is 1. The zero-order valence-corrected chi connectivity index (χ0v) is 33.2. The maximum Gasteiger partial charge on any atom is 0.0400 e. The van der Waals surface area contributed by atoms with Crippen LogP contribution in [-0.2, 0) is 23.8 Å². The molecule has 2 aliphatic rings. The van der Waals surface area contributed by atoms with Crippen LogP contribution in [0.5, 0.6) is 0 Å². The Labute approximate surface area is 337 Å². The van der Waals surface area contributed by atoms with Crippen LogP contribution >= 0.6 is 0 Å². The molecule has 276 valence electrons. The van der Waals surface area contributed by atoms with Crippen LogP contribution in [0, 0.1) is 0 Å². The van der Waals surface area contributed by atoms with Gasteiger partial charge in [-0.1, -0.05) is 191 Å². The number of hydrogen-bond donors (Lipinski definition) is 1. The number of benzene rings is 8. The molecule has 2 aliphatic carbocycles. The van der Waals surface area contributed by atoms with Gasteiger partial charge in [0.2, 0.25) is 0 Å². The molecule has 8 aromatic rings. The fourth-order valence-corrected chi connectivity index (χ4v) is 9.72. The molecule has 0 saturated heterocycles.